The Morgan fingerprint density at radius 1 is 1.05 bits per heavy atom. The van der Waals surface area contributed by atoms with Crippen molar-refractivity contribution in [1.82, 2.24) is 14.8 Å². The van der Waals surface area contributed by atoms with Gasteiger partial charge in [0.1, 0.15) is 42.1 Å². The van der Waals surface area contributed by atoms with Crippen molar-refractivity contribution in [2.24, 2.45) is 0 Å². The van der Waals surface area contributed by atoms with Crippen LogP contribution in [0.2, 0.25) is 5.02 Å². The van der Waals surface area contributed by atoms with Crippen LogP contribution >= 0.6 is 11.6 Å². The first-order chi connectivity index (χ1) is 26.5. The van der Waals surface area contributed by atoms with Crippen LogP contribution in [-0.4, -0.2) is 87.6 Å². The second-order valence-corrected chi connectivity index (χ2v) is 14.9. The maximum absolute atomic E-state index is 12.0. The van der Waals surface area contributed by atoms with Crippen molar-refractivity contribution < 1.29 is 34.3 Å². The first-order valence-corrected chi connectivity index (χ1v) is 19.2. The lowest BCUT2D eigenvalue weighted by atomic mass is 9.93. The van der Waals surface area contributed by atoms with E-state index in [9.17, 15) is 25.4 Å². The van der Waals surface area contributed by atoms with E-state index in [1.165, 1.54) is 23.6 Å². The van der Waals surface area contributed by atoms with E-state index in [0.29, 0.717) is 39.8 Å². The number of likely N-dealkylation sites (tertiary alicyclic amines) is 1. The summed E-state index contributed by atoms with van der Waals surface area (Å²) in [6.07, 6.45) is 5.68. The SMILES string of the molecule is Cc1c(OCCCN2CCC(O)CC2)cccc1-c1cccc2c1CC[C@@H]2Oc1cc(OCc2cncc(C#N)c2)c(CN(C)[C@H](C(=O)O)[C@@H](C)O)cc1Cl. The fraction of sp³-hybridized carbons (Fsp3) is 0.419. The third-order valence-electron chi connectivity index (χ3n) is 10.5. The molecule has 0 saturated carbocycles. The lowest BCUT2D eigenvalue weighted by molar-refractivity contribution is -0.146. The summed E-state index contributed by atoms with van der Waals surface area (Å²) in [6.45, 7) is 7.20. The largest absolute Gasteiger partial charge is 0.493 e. The summed E-state index contributed by atoms with van der Waals surface area (Å²) in [7, 11) is 1.62. The second-order valence-electron chi connectivity index (χ2n) is 14.5. The summed E-state index contributed by atoms with van der Waals surface area (Å²) in [5.41, 5.74) is 7.34. The van der Waals surface area contributed by atoms with E-state index in [1.54, 1.807) is 31.4 Å². The summed E-state index contributed by atoms with van der Waals surface area (Å²) in [5.74, 6) is 0.578. The van der Waals surface area contributed by atoms with Crippen LogP contribution in [-0.2, 0) is 24.4 Å². The van der Waals surface area contributed by atoms with E-state index in [2.05, 4.69) is 47.1 Å². The molecular formula is C43H49ClN4O7. The molecule has 290 valence electrons. The second kappa shape index (κ2) is 18.3. The van der Waals surface area contributed by atoms with Crippen LogP contribution in [0.1, 0.15) is 72.1 Å². The van der Waals surface area contributed by atoms with Gasteiger partial charge >= 0.3 is 5.97 Å². The maximum atomic E-state index is 12.0. The molecule has 1 aliphatic carbocycles. The van der Waals surface area contributed by atoms with E-state index in [-0.39, 0.29) is 25.4 Å². The number of carboxylic acid groups (broad SMARTS) is 1. The lowest BCUT2D eigenvalue weighted by Crippen LogP contribution is -2.45. The van der Waals surface area contributed by atoms with Gasteiger partial charge in [-0.3, -0.25) is 14.7 Å². The number of nitrogens with zero attached hydrogens (tertiary/aromatic N) is 4. The van der Waals surface area contributed by atoms with Gasteiger partial charge in [0.15, 0.2) is 0 Å². The number of ether oxygens (including phenoxy) is 3. The Balaban J connectivity index is 1.21. The predicted molar refractivity (Wildman–Crippen MR) is 209 cm³/mol. The molecule has 55 heavy (non-hydrogen) atoms. The highest BCUT2D eigenvalue weighted by molar-refractivity contribution is 6.32. The van der Waals surface area contributed by atoms with Crippen LogP contribution in [0.15, 0.2) is 67.0 Å². The van der Waals surface area contributed by atoms with Crippen LogP contribution in [0.5, 0.6) is 17.2 Å². The Bertz CT molecular complexity index is 2010. The molecule has 0 unspecified atom stereocenters. The number of carbonyl (C=O) groups is 1. The summed E-state index contributed by atoms with van der Waals surface area (Å²) in [5, 5.41) is 39.5. The zero-order valence-electron chi connectivity index (χ0n) is 31.6. The number of aromatic nitrogens is 1. The van der Waals surface area contributed by atoms with Crippen LogP contribution in [0.4, 0.5) is 0 Å². The highest BCUT2D eigenvalue weighted by Crippen LogP contribution is 2.44. The molecule has 1 fully saturated rings. The molecule has 6 rings (SSSR count). The number of hydrogen-bond donors (Lipinski definition) is 3. The monoisotopic (exact) mass is 768 g/mol. The van der Waals surface area contributed by atoms with E-state index in [4.69, 9.17) is 25.8 Å². The number of aliphatic hydroxyl groups is 2. The Morgan fingerprint density at radius 2 is 1.82 bits per heavy atom. The summed E-state index contributed by atoms with van der Waals surface area (Å²) < 4.78 is 19.2. The molecule has 1 aromatic heterocycles. The zero-order valence-corrected chi connectivity index (χ0v) is 32.3. The number of halogens is 1. The van der Waals surface area contributed by atoms with Gasteiger partial charge in [-0.2, -0.15) is 5.26 Å². The molecule has 1 aliphatic heterocycles. The zero-order chi connectivity index (χ0) is 39.1. The number of benzene rings is 3. The normalized spacial score (nSPS) is 17.0. The third kappa shape index (κ3) is 9.76. The maximum Gasteiger partial charge on any atom is 0.323 e. The molecule has 0 amide bonds. The van der Waals surface area contributed by atoms with Crippen LogP contribution in [0.3, 0.4) is 0 Å². The Kier molecular flexibility index (Phi) is 13.3. The molecular weight excluding hydrogens is 720 g/mol. The number of hydrogen-bond acceptors (Lipinski definition) is 10. The molecule has 3 N–H and O–H groups in total. The van der Waals surface area contributed by atoms with Crippen molar-refractivity contribution in [3.05, 3.63) is 105 Å². The Hall–Kier alpha value is -4.70. The molecule has 1 saturated heterocycles. The lowest BCUT2D eigenvalue weighted by Gasteiger charge is -2.29. The molecule has 0 bridgehead atoms. The van der Waals surface area contributed by atoms with Gasteiger partial charge in [0.2, 0.25) is 0 Å². The number of fused-ring (bicyclic) bond motifs is 1. The average Bonchev–Trinajstić information content (AvgIpc) is 3.58. The van der Waals surface area contributed by atoms with Crippen molar-refractivity contribution in [2.75, 3.05) is 33.3 Å². The fourth-order valence-corrected chi connectivity index (χ4v) is 7.89. The molecule has 12 heteroatoms. The molecule has 3 aromatic carbocycles. The molecule has 0 spiro atoms. The van der Waals surface area contributed by atoms with Gasteiger partial charge in [0, 0.05) is 55.8 Å². The molecule has 4 aromatic rings. The number of piperidine rings is 1. The highest BCUT2D eigenvalue weighted by Gasteiger charge is 2.31. The topological polar surface area (TPSA) is 149 Å². The number of rotatable bonds is 16. The van der Waals surface area contributed by atoms with Crippen LogP contribution < -0.4 is 14.2 Å². The van der Waals surface area contributed by atoms with Gasteiger partial charge in [-0.05, 0) is 99.0 Å². The van der Waals surface area contributed by atoms with Gasteiger partial charge in [0.05, 0.1) is 29.4 Å². The predicted octanol–water partition coefficient (Wildman–Crippen LogP) is 6.72. The Morgan fingerprint density at radius 3 is 2.56 bits per heavy atom. The van der Waals surface area contributed by atoms with E-state index >= 15 is 0 Å². The van der Waals surface area contributed by atoms with Crippen molar-refractivity contribution in [3.63, 3.8) is 0 Å². The smallest absolute Gasteiger partial charge is 0.323 e. The van der Waals surface area contributed by atoms with Crippen LogP contribution in [0.25, 0.3) is 11.1 Å². The van der Waals surface area contributed by atoms with E-state index in [1.807, 2.05) is 12.1 Å². The number of nitriles is 1. The van der Waals surface area contributed by atoms with Gasteiger partial charge in [-0.15, -0.1) is 0 Å². The van der Waals surface area contributed by atoms with Gasteiger partial charge in [-0.25, -0.2) is 0 Å². The molecule has 3 atom stereocenters. The number of aliphatic hydroxyl groups excluding tert-OH is 2. The van der Waals surface area contributed by atoms with Gasteiger partial charge < -0.3 is 34.4 Å². The molecule has 0 radical (unpaired) electrons. The molecule has 2 heterocycles. The standard InChI is InChI=1S/C43H49ClN4O7/c1-27-33(7-5-10-38(27)53-18-6-15-48-16-13-32(50)14-17-48)34-8-4-9-36-35(34)11-12-39(36)55-41-21-40(54-26-30-19-29(22-45)23-46-24-30)31(20-37(41)44)25-47(3)42(28(2)49)43(51)52/h4-5,7-10,19-21,23-24,28,32,39,42,49-50H,6,11-18,25-26H2,1-3H3,(H,51,52)/t28-,39+,42+/m1/s1. The van der Waals surface area contributed by atoms with Crippen LogP contribution in [0, 0.1) is 18.3 Å². The fourth-order valence-electron chi connectivity index (χ4n) is 7.66. The number of pyridine rings is 1. The number of carboxylic acids is 1. The van der Waals surface area contributed by atoms with Crippen molar-refractivity contribution in [1.29, 1.82) is 5.26 Å². The average molecular weight is 769 g/mol. The van der Waals surface area contributed by atoms with E-state index in [0.717, 1.165) is 79.7 Å². The summed E-state index contributed by atoms with van der Waals surface area (Å²) in [4.78, 5) is 20.0. The number of aliphatic carboxylic acids is 1. The quantitative estimate of drug-likeness (QED) is 0.104. The van der Waals surface area contributed by atoms with Gasteiger partial charge in [-0.1, -0.05) is 41.9 Å². The van der Waals surface area contributed by atoms with E-state index < -0.39 is 18.1 Å². The minimum Gasteiger partial charge on any atom is -0.493 e. The van der Waals surface area contributed by atoms with Crippen molar-refractivity contribution in [3.8, 4) is 34.4 Å². The van der Waals surface area contributed by atoms with Crippen molar-refractivity contribution in [2.45, 2.75) is 83.5 Å². The Labute approximate surface area is 327 Å². The number of likely N-dealkylation sites (N-methyl/N-ethyl adjacent to an activating group) is 1. The first kappa shape index (κ1) is 40.0. The first-order valence-electron chi connectivity index (χ1n) is 18.8. The highest BCUT2D eigenvalue weighted by atomic mass is 35.5. The molecule has 2 aliphatic rings. The summed E-state index contributed by atoms with van der Waals surface area (Å²) >= 11 is 6.88. The molecule has 11 nitrogen and oxygen atoms in total. The third-order valence-corrected chi connectivity index (χ3v) is 10.8. The minimum atomic E-state index is -1.15. The minimum absolute atomic E-state index is 0.0975. The van der Waals surface area contributed by atoms with Gasteiger partial charge in [0.25, 0.3) is 0 Å². The van der Waals surface area contributed by atoms with Crippen molar-refractivity contribution >= 4 is 17.6 Å². The summed E-state index contributed by atoms with van der Waals surface area (Å²) in [6, 6.07) is 18.6.